The van der Waals surface area contributed by atoms with Gasteiger partial charge < -0.3 is 21.3 Å². The molecule has 4 nitrogen and oxygen atoms in total. The van der Waals surface area contributed by atoms with Crippen LogP contribution in [-0.2, 0) is 0 Å². The minimum Gasteiger partial charge on any atom is -0.317 e. The van der Waals surface area contributed by atoms with Gasteiger partial charge in [0.15, 0.2) is 0 Å². The lowest BCUT2D eigenvalue weighted by Gasteiger charge is -2.24. The maximum Gasteiger partial charge on any atom is 0.00509 e. The van der Waals surface area contributed by atoms with E-state index < -0.39 is 0 Å². The topological polar surface area (TPSA) is 48.1 Å². The Bertz CT molecular complexity index is 242. The Morgan fingerprint density at radius 3 is 2.09 bits per heavy atom. The molecule has 138 valence electrons. The molecule has 0 aliphatic heterocycles. The second-order valence-corrected chi connectivity index (χ2v) is 7.16. The van der Waals surface area contributed by atoms with Gasteiger partial charge in [-0.3, -0.25) is 0 Å². The number of rotatable bonds is 15. The van der Waals surface area contributed by atoms with Gasteiger partial charge in [-0.25, -0.2) is 0 Å². The van der Waals surface area contributed by atoms with Crippen LogP contribution in [0, 0.1) is 5.92 Å². The number of hydrogen-bond acceptors (Lipinski definition) is 4. The molecule has 0 aromatic heterocycles. The van der Waals surface area contributed by atoms with Crippen LogP contribution in [0.4, 0.5) is 0 Å². The largest absolute Gasteiger partial charge is 0.317 e. The average Bonchev–Trinajstić information content (AvgIpc) is 2.59. The van der Waals surface area contributed by atoms with E-state index in [1.54, 1.807) is 0 Å². The standard InChI is InChI=1S/C19H42N4/c1-3-20-12-7-13-21-14-8-15-22-16-11-18(2)23-17-19-9-5-4-6-10-19/h18-23H,3-17H2,1-2H3. The first-order chi connectivity index (χ1) is 11.3. The van der Waals surface area contributed by atoms with Crippen molar-refractivity contribution in [1.29, 1.82) is 0 Å². The molecule has 1 atom stereocenters. The van der Waals surface area contributed by atoms with E-state index in [0.29, 0.717) is 6.04 Å². The summed E-state index contributed by atoms with van der Waals surface area (Å²) in [5, 5.41) is 14.2. The van der Waals surface area contributed by atoms with Gasteiger partial charge in [-0.1, -0.05) is 26.2 Å². The Morgan fingerprint density at radius 2 is 1.43 bits per heavy atom. The molecule has 4 N–H and O–H groups in total. The molecule has 1 aliphatic rings. The highest BCUT2D eigenvalue weighted by atomic mass is 14.9. The van der Waals surface area contributed by atoms with Crippen LogP contribution < -0.4 is 21.3 Å². The summed E-state index contributed by atoms with van der Waals surface area (Å²) in [6, 6.07) is 0.647. The van der Waals surface area contributed by atoms with Gasteiger partial charge in [0.25, 0.3) is 0 Å². The molecule has 23 heavy (non-hydrogen) atoms. The normalized spacial score (nSPS) is 17.5. The van der Waals surface area contributed by atoms with Crippen molar-refractivity contribution in [1.82, 2.24) is 21.3 Å². The molecule has 0 aromatic rings. The Balaban J connectivity index is 1.77. The van der Waals surface area contributed by atoms with Gasteiger partial charge in [0.2, 0.25) is 0 Å². The average molecular weight is 327 g/mol. The minimum absolute atomic E-state index is 0.647. The van der Waals surface area contributed by atoms with E-state index in [0.717, 1.165) is 45.2 Å². The maximum atomic E-state index is 3.73. The summed E-state index contributed by atoms with van der Waals surface area (Å²) in [5.41, 5.74) is 0. The molecule has 1 aliphatic carbocycles. The van der Waals surface area contributed by atoms with Crippen molar-refractivity contribution in [2.24, 2.45) is 5.92 Å². The van der Waals surface area contributed by atoms with Gasteiger partial charge in [-0.2, -0.15) is 0 Å². The SMILES string of the molecule is CCNCCCNCCCNCCC(C)NCC1CCCCC1. The van der Waals surface area contributed by atoms with Crippen LogP contribution in [0.5, 0.6) is 0 Å². The Kier molecular flexibility index (Phi) is 14.0. The number of nitrogens with one attached hydrogen (secondary N) is 4. The molecule has 0 bridgehead atoms. The molecule has 1 rings (SSSR count). The summed E-state index contributed by atoms with van der Waals surface area (Å²) in [5.74, 6) is 0.942. The smallest absolute Gasteiger partial charge is 0.00509 e. The van der Waals surface area contributed by atoms with Crippen molar-refractivity contribution >= 4 is 0 Å². The van der Waals surface area contributed by atoms with E-state index in [-0.39, 0.29) is 0 Å². The Labute approximate surface area is 145 Å². The van der Waals surface area contributed by atoms with Crippen LogP contribution in [0.2, 0.25) is 0 Å². The zero-order chi connectivity index (χ0) is 16.6. The second kappa shape index (κ2) is 15.4. The van der Waals surface area contributed by atoms with E-state index in [9.17, 15) is 0 Å². The molecule has 0 saturated heterocycles. The molecule has 1 fully saturated rings. The van der Waals surface area contributed by atoms with Crippen molar-refractivity contribution in [3.05, 3.63) is 0 Å². The Morgan fingerprint density at radius 1 is 0.826 bits per heavy atom. The van der Waals surface area contributed by atoms with E-state index >= 15 is 0 Å². The summed E-state index contributed by atoms with van der Waals surface area (Å²) in [6.45, 7) is 12.5. The maximum absolute atomic E-state index is 3.73. The fourth-order valence-electron chi connectivity index (χ4n) is 3.28. The molecule has 4 heteroatoms. The summed E-state index contributed by atoms with van der Waals surface area (Å²) in [7, 11) is 0. The lowest BCUT2D eigenvalue weighted by molar-refractivity contribution is 0.326. The molecule has 1 saturated carbocycles. The second-order valence-electron chi connectivity index (χ2n) is 7.16. The highest BCUT2D eigenvalue weighted by Gasteiger charge is 2.13. The van der Waals surface area contributed by atoms with E-state index in [4.69, 9.17) is 0 Å². The fourth-order valence-corrected chi connectivity index (χ4v) is 3.28. The zero-order valence-electron chi connectivity index (χ0n) is 15.8. The van der Waals surface area contributed by atoms with Crippen molar-refractivity contribution in [3.8, 4) is 0 Å². The number of hydrogen-bond donors (Lipinski definition) is 4. The highest BCUT2D eigenvalue weighted by Crippen LogP contribution is 2.22. The van der Waals surface area contributed by atoms with Gasteiger partial charge in [-0.15, -0.1) is 0 Å². The fraction of sp³-hybridized carbons (Fsp3) is 1.00. The lowest BCUT2D eigenvalue weighted by Crippen LogP contribution is -2.34. The molecule has 1 unspecified atom stereocenters. The molecular formula is C19H42N4. The molecule has 0 amide bonds. The molecule has 0 spiro atoms. The monoisotopic (exact) mass is 326 g/mol. The molecular weight excluding hydrogens is 284 g/mol. The van der Waals surface area contributed by atoms with Crippen LogP contribution in [0.15, 0.2) is 0 Å². The zero-order valence-corrected chi connectivity index (χ0v) is 15.8. The van der Waals surface area contributed by atoms with Gasteiger partial charge in [0.1, 0.15) is 0 Å². The van der Waals surface area contributed by atoms with Crippen LogP contribution in [-0.4, -0.2) is 51.9 Å². The summed E-state index contributed by atoms with van der Waals surface area (Å²) in [6.07, 6.45) is 10.9. The van der Waals surface area contributed by atoms with Crippen molar-refractivity contribution in [3.63, 3.8) is 0 Å². The third kappa shape index (κ3) is 12.9. The predicted octanol–water partition coefficient (Wildman–Crippen LogP) is 2.50. The van der Waals surface area contributed by atoms with Crippen LogP contribution >= 0.6 is 0 Å². The molecule has 0 aromatic carbocycles. The summed E-state index contributed by atoms with van der Waals surface area (Å²) in [4.78, 5) is 0. The third-order valence-electron chi connectivity index (χ3n) is 4.90. The third-order valence-corrected chi connectivity index (χ3v) is 4.90. The lowest BCUT2D eigenvalue weighted by atomic mass is 9.89. The first-order valence-corrected chi connectivity index (χ1v) is 10.2. The van der Waals surface area contributed by atoms with Crippen LogP contribution in [0.1, 0.15) is 65.2 Å². The first-order valence-electron chi connectivity index (χ1n) is 10.2. The van der Waals surface area contributed by atoms with Gasteiger partial charge in [0.05, 0.1) is 0 Å². The Hall–Kier alpha value is -0.160. The first kappa shape index (κ1) is 20.9. The van der Waals surface area contributed by atoms with Crippen LogP contribution in [0.3, 0.4) is 0 Å². The van der Waals surface area contributed by atoms with Crippen molar-refractivity contribution < 1.29 is 0 Å². The molecule has 0 heterocycles. The summed E-state index contributed by atoms with van der Waals surface area (Å²) >= 11 is 0. The van der Waals surface area contributed by atoms with E-state index in [1.165, 1.54) is 57.9 Å². The quantitative estimate of drug-likeness (QED) is 0.349. The highest BCUT2D eigenvalue weighted by molar-refractivity contribution is 4.71. The van der Waals surface area contributed by atoms with E-state index in [1.807, 2.05) is 0 Å². The van der Waals surface area contributed by atoms with Crippen LogP contribution in [0.25, 0.3) is 0 Å². The van der Waals surface area contributed by atoms with Gasteiger partial charge >= 0.3 is 0 Å². The van der Waals surface area contributed by atoms with E-state index in [2.05, 4.69) is 35.1 Å². The summed E-state index contributed by atoms with van der Waals surface area (Å²) < 4.78 is 0. The van der Waals surface area contributed by atoms with Crippen molar-refractivity contribution in [2.75, 3.05) is 45.8 Å². The molecule has 0 radical (unpaired) electrons. The minimum atomic E-state index is 0.647. The van der Waals surface area contributed by atoms with Gasteiger partial charge in [0, 0.05) is 6.04 Å². The van der Waals surface area contributed by atoms with Gasteiger partial charge in [-0.05, 0) is 90.8 Å². The van der Waals surface area contributed by atoms with Crippen molar-refractivity contribution in [2.45, 2.75) is 71.3 Å². The predicted molar refractivity (Wildman–Crippen MR) is 102 cm³/mol.